The van der Waals surface area contributed by atoms with E-state index in [0.29, 0.717) is 6.54 Å². The molecule has 0 aliphatic rings. The van der Waals surface area contributed by atoms with E-state index in [4.69, 9.17) is 4.98 Å². The summed E-state index contributed by atoms with van der Waals surface area (Å²) in [5, 5.41) is 5.00. The van der Waals surface area contributed by atoms with E-state index in [-0.39, 0.29) is 11.7 Å². The zero-order valence-electron chi connectivity index (χ0n) is 16.5. The summed E-state index contributed by atoms with van der Waals surface area (Å²) in [7, 11) is 0. The van der Waals surface area contributed by atoms with Gasteiger partial charge in [-0.05, 0) is 36.8 Å². The minimum atomic E-state index is -0.174. The van der Waals surface area contributed by atoms with E-state index in [1.807, 2.05) is 55.5 Å². The summed E-state index contributed by atoms with van der Waals surface area (Å²) < 4.78 is 2.15. The van der Waals surface area contributed by atoms with Crippen LogP contribution in [0.2, 0.25) is 0 Å². The van der Waals surface area contributed by atoms with E-state index in [0.717, 1.165) is 27.5 Å². The number of hydrogen-bond acceptors (Lipinski definition) is 5. The molecular formula is C23H21N5OS. The largest absolute Gasteiger partial charge is 0.314 e. The molecule has 4 aromatic rings. The maximum absolute atomic E-state index is 12.3. The first kappa shape index (κ1) is 19.8. The van der Waals surface area contributed by atoms with Crippen molar-refractivity contribution >= 4 is 34.4 Å². The Morgan fingerprint density at radius 2 is 1.77 bits per heavy atom. The number of fused-ring (bicyclic) bond motifs is 1. The number of hydrazone groups is 1. The molecule has 0 saturated heterocycles. The molecule has 0 aliphatic carbocycles. The summed E-state index contributed by atoms with van der Waals surface area (Å²) in [6, 6.07) is 22.0. The molecule has 0 aliphatic heterocycles. The van der Waals surface area contributed by atoms with Crippen LogP contribution in [0.15, 0.2) is 89.4 Å². The van der Waals surface area contributed by atoms with Crippen molar-refractivity contribution in [3.63, 3.8) is 0 Å². The molecule has 6 nitrogen and oxygen atoms in total. The molecule has 0 fully saturated rings. The van der Waals surface area contributed by atoms with Gasteiger partial charge in [0.15, 0.2) is 5.16 Å². The molecule has 1 N–H and O–H groups in total. The average Bonchev–Trinajstić information content (AvgIpc) is 3.14. The van der Waals surface area contributed by atoms with Crippen molar-refractivity contribution in [3.05, 3.63) is 90.3 Å². The van der Waals surface area contributed by atoms with Gasteiger partial charge in [0.2, 0.25) is 0 Å². The number of imidazole rings is 1. The second-order valence-electron chi connectivity index (χ2n) is 6.71. The van der Waals surface area contributed by atoms with Gasteiger partial charge in [-0.1, -0.05) is 54.2 Å². The van der Waals surface area contributed by atoms with Crippen LogP contribution < -0.4 is 5.43 Å². The minimum absolute atomic E-state index is 0.174. The Hall–Kier alpha value is -3.45. The van der Waals surface area contributed by atoms with Crippen molar-refractivity contribution in [1.82, 2.24) is 20.0 Å². The summed E-state index contributed by atoms with van der Waals surface area (Å²) in [6.45, 7) is 2.55. The lowest BCUT2D eigenvalue weighted by Gasteiger charge is -2.09. The molecule has 2 aromatic heterocycles. The molecule has 0 spiro atoms. The van der Waals surface area contributed by atoms with Crippen molar-refractivity contribution in [2.45, 2.75) is 18.6 Å². The van der Waals surface area contributed by atoms with Gasteiger partial charge < -0.3 is 4.57 Å². The number of aromatic nitrogens is 3. The molecule has 2 aromatic carbocycles. The number of nitrogens with zero attached hydrogens (tertiary/aromatic N) is 4. The number of pyridine rings is 1. The molecule has 4 rings (SSSR count). The van der Waals surface area contributed by atoms with Gasteiger partial charge in [0.25, 0.3) is 5.91 Å². The van der Waals surface area contributed by atoms with Crippen LogP contribution >= 0.6 is 11.8 Å². The van der Waals surface area contributed by atoms with E-state index < -0.39 is 0 Å². The van der Waals surface area contributed by atoms with Crippen LogP contribution in [0.25, 0.3) is 11.0 Å². The number of para-hydroxylation sites is 2. The van der Waals surface area contributed by atoms with Crippen molar-refractivity contribution in [1.29, 1.82) is 0 Å². The molecule has 0 unspecified atom stereocenters. The maximum Gasteiger partial charge on any atom is 0.250 e. The predicted molar refractivity (Wildman–Crippen MR) is 121 cm³/mol. The highest BCUT2D eigenvalue weighted by Gasteiger charge is 2.13. The Bertz CT molecular complexity index is 1170. The monoisotopic (exact) mass is 415 g/mol. The average molecular weight is 416 g/mol. The third kappa shape index (κ3) is 4.75. The Morgan fingerprint density at radius 3 is 2.57 bits per heavy atom. The number of benzene rings is 2. The number of amides is 1. The second-order valence-corrected chi connectivity index (χ2v) is 7.65. The van der Waals surface area contributed by atoms with Crippen LogP contribution in [0.1, 0.15) is 18.1 Å². The van der Waals surface area contributed by atoms with Gasteiger partial charge in [0.1, 0.15) is 0 Å². The topological polar surface area (TPSA) is 72.2 Å². The van der Waals surface area contributed by atoms with E-state index >= 15 is 0 Å². The highest BCUT2D eigenvalue weighted by atomic mass is 32.2. The fourth-order valence-electron chi connectivity index (χ4n) is 3.05. The highest BCUT2D eigenvalue weighted by Crippen LogP contribution is 2.25. The van der Waals surface area contributed by atoms with Crippen LogP contribution in [0.4, 0.5) is 0 Å². The quantitative estimate of drug-likeness (QED) is 0.280. The molecule has 1 amide bonds. The van der Waals surface area contributed by atoms with Crippen molar-refractivity contribution < 1.29 is 4.79 Å². The fourth-order valence-corrected chi connectivity index (χ4v) is 3.85. The fraction of sp³-hybridized carbons (Fsp3) is 0.130. The maximum atomic E-state index is 12.3. The minimum Gasteiger partial charge on any atom is -0.314 e. The molecule has 0 atom stereocenters. The molecule has 0 radical (unpaired) electrons. The van der Waals surface area contributed by atoms with E-state index in [1.54, 1.807) is 12.4 Å². The van der Waals surface area contributed by atoms with Crippen LogP contribution in [0.3, 0.4) is 0 Å². The van der Waals surface area contributed by atoms with Crippen molar-refractivity contribution in [2.75, 3.05) is 5.75 Å². The number of nitrogens with one attached hydrogen (secondary N) is 1. The van der Waals surface area contributed by atoms with Gasteiger partial charge >= 0.3 is 0 Å². The van der Waals surface area contributed by atoms with Crippen molar-refractivity contribution in [3.8, 4) is 0 Å². The third-order valence-electron chi connectivity index (χ3n) is 4.58. The van der Waals surface area contributed by atoms with Crippen LogP contribution in [0, 0.1) is 0 Å². The SMILES string of the molecule is CC(=NNC(=O)CSc1nc2ccccc2n1Cc1ccccc1)c1ccncc1. The summed E-state index contributed by atoms with van der Waals surface area (Å²) in [5.41, 5.74) is 7.43. The normalized spacial score (nSPS) is 11.6. The first-order chi connectivity index (χ1) is 14.7. The molecule has 150 valence electrons. The smallest absolute Gasteiger partial charge is 0.250 e. The Balaban J connectivity index is 1.47. The van der Waals surface area contributed by atoms with Gasteiger partial charge in [0.05, 0.1) is 29.0 Å². The second kappa shape index (κ2) is 9.37. The van der Waals surface area contributed by atoms with Gasteiger partial charge in [-0.25, -0.2) is 10.4 Å². The van der Waals surface area contributed by atoms with E-state index in [2.05, 4.69) is 38.3 Å². The lowest BCUT2D eigenvalue weighted by atomic mass is 10.2. The molecule has 2 heterocycles. The lowest BCUT2D eigenvalue weighted by molar-refractivity contribution is -0.118. The first-order valence-corrected chi connectivity index (χ1v) is 10.5. The first-order valence-electron chi connectivity index (χ1n) is 9.56. The summed E-state index contributed by atoms with van der Waals surface area (Å²) in [5.74, 6) is 0.0531. The Kier molecular flexibility index (Phi) is 6.20. The van der Waals surface area contributed by atoms with Crippen LogP contribution in [0.5, 0.6) is 0 Å². The zero-order valence-corrected chi connectivity index (χ0v) is 17.3. The van der Waals surface area contributed by atoms with E-state index in [1.165, 1.54) is 17.3 Å². The number of carbonyl (C=O) groups excluding carboxylic acids is 1. The molecule has 0 bridgehead atoms. The molecule has 30 heavy (non-hydrogen) atoms. The number of rotatable bonds is 7. The molecular weight excluding hydrogens is 394 g/mol. The third-order valence-corrected chi connectivity index (χ3v) is 5.56. The van der Waals surface area contributed by atoms with Gasteiger partial charge in [-0.15, -0.1) is 0 Å². The molecule has 0 saturated carbocycles. The number of thioether (sulfide) groups is 1. The van der Waals surface area contributed by atoms with E-state index in [9.17, 15) is 4.79 Å². The summed E-state index contributed by atoms with van der Waals surface area (Å²) in [6.07, 6.45) is 3.40. The zero-order chi connectivity index (χ0) is 20.8. The predicted octanol–water partition coefficient (Wildman–Crippen LogP) is 4.11. The van der Waals surface area contributed by atoms with Crippen LogP contribution in [-0.4, -0.2) is 31.9 Å². The Labute approximate surface area is 179 Å². The number of carbonyl (C=O) groups is 1. The summed E-state index contributed by atoms with van der Waals surface area (Å²) >= 11 is 1.41. The van der Waals surface area contributed by atoms with Crippen molar-refractivity contribution in [2.24, 2.45) is 5.10 Å². The summed E-state index contributed by atoms with van der Waals surface area (Å²) in [4.78, 5) is 21.1. The number of hydrogen-bond donors (Lipinski definition) is 1. The van der Waals surface area contributed by atoms with Crippen LogP contribution in [-0.2, 0) is 11.3 Å². The Morgan fingerprint density at radius 1 is 1.03 bits per heavy atom. The highest BCUT2D eigenvalue weighted by molar-refractivity contribution is 7.99. The van der Waals surface area contributed by atoms with Gasteiger partial charge in [-0.3, -0.25) is 9.78 Å². The lowest BCUT2D eigenvalue weighted by Crippen LogP contribution is -2.21. The standard InChI is InChI=1S/C23H21N5OS/c1-17(19-11-13-24-14-12-19)26-27-22(29)16-30-23-25-20-9-5-6-10-21(20)28(23)15-18-7-3-2-4-8-18/h2-14H,15-16H2,1H3,(H,27,29). The van der Waals surface area contributed by atoms with Gasteiger partial charge in [0, 0.05) is 18.0 Å². The van der Waals surface area contributed by atoms with Gasteiger partial charge in [-0.2, -0.15) is 5.10 Å². The molecule has 7 heteroatoms.